The second kappa shape index (κ2) is 7.40. The second-order valence-corrected chi connectivity index (χ2v) is 6.20. The Morgan fingerprint density at radius 2 is 1.69 bits per heavy atom. The minimum atomic E-state index is 0.530. The van der Waals surface area contributed by atoms with E-state index >= 15 is 0 Å². The summed E-state index contributed by atoms with van der Waals surface area (Å²) >= 11 is 0. The van der Waals surface area contributed by atoms with Gasteiger partial charge in [0, 0.05) is 12.0 Å². The van der Waals surface area contributed by atoms with Crippen molar-refractivity contribution in [3.63, 3.8) is 0 Å². The van der Waals surface area contributed by atoms with Crippen LogP contribution in [0.3, 0.4) is 0 Å². The molecule has 0 unspecified atom stereocenters. The van der Waals surface area contributed by atoms with Crippen LogP contribution >= 0.6 is 0 Å². The van der Waals surface area contributed by atoms with Crippen molar-refractivity contribution < 1.29 is 9.15 Å². The molecular formula is C22H20N2O2. The molecule has 4 nitrogen and oxygen atoms in total. The Bertz CT molecular complexity index is 1000. The van der Waals surface area contributed by atoms with Crippen molar-refractivity contribution >= 4 is 10.8 Å². The molecule has 0 atom stereocenters. The highest BCUT2D eigenvalue weighted by atomic mass is 16.5. The zero-order valence-electron chi connectivity index (χ0n) is 14.7. The normalized spacial score (nSPS) is 11.0. The Labute approximate surface area is 152 Å². The molecule has 0 N–H and O–H groups in total. The van der Waals surface area contributed by atoms with Crippen LogP contribution in [0, 0.1) is 0 Å². The number of aryl methyl sites for hydroxylation is 1. The molecule has 26 heavy (non-hydrogen) atoms. The molecule has 0 saturated heterocycles. The third-order valence-corrected chi connectivity index (χ3v) is 4.31. The van der Waals surface area contributed by atoms with E-state index in [-0.39, 0.29) is 0 Å². The van der Waals surface area contributed by atoms with E-state index in [0.717, 1.165) is 24.2 Å². The highest BCUT2D eigenvalue weighted by molar-refractivity contribution is 5.85. The molecule has 4 aromatic rings. The van der Waals surface area contributed by atoms with Crippen LogP contribution in [0.25, 0.3) is 22.2 Å². The summed E-state index contributed by atoms with van der Waals surface area (Å²) < 4.78 is 11.6. The van der Waals surface area contributed by atoms with E-state index in [1.165, 1.54) is 16.3 Å². The van der Waals surface area contributed by atoms with Gasteiger partial charge in [-0.15, -0.1) is 10.2 Å². The van der Waals surface area contributed by atoms with Crippen LogP contribution in [0.15, 0.2) is 71.1 Å². The number of hydrogen-bond donors (Lipinski definition) is 0. The topological polar surface area (TPSA) is 48.2 Å². The van der Waals surface area contributed by atoms with E-state index < -0.39 is 0 Å². The summed E-state index contributed by atoms with van der Waals surface area (Å²) in [5.41, 5.74) is 2.07. The average molecular weight is 344 g/mol. The Hall–Kier alpha value is -3.14. The molecule has 0 fully saturated rings. The van der Waals surface area contributed by atoms with Gasteiger partial charge in [0.25, 0.3) is 0 Å². The predicted molar refractivity (Wildman–Crippen MR) is 102 cm³/mol. The first-order valence-corrected chi connectivity index (χ1v) is 8.86. The van der Waals surface area contributed by atoms with Crippen molar-refractivity contribution in [1.82, 2.24) is 10.2 Å². The summed E-state index contributed by atoms with van der Waals surface area (Å²) in [4.78, 5) is 0. The molecule has 3 aromatic carbocycles. The summed E-state index contributed by atoms with van der Waals surface area (Å²) in [6, 6.07) is 22.4. The van der Waals surface area contributed by atoms with Gasteiger partial charge in [-0.3, -0.25) is 0 Å². The van der Waals surface area contributed by atoms with Gasteiger partial charge < -0.3 is 9.15 Å². The Morgan fingerprint density at radius 3 is 2.54 bits per heavy atom. The van der Waals surface area contributed by atoms with E-state index in [0.29, 0.717) is 18.4 Å². The lowest BCUT2D eigenvalue weighted by Gasteiger charge is -2.09. The number of nitrogens with zero attached hydrogens (tertiary/aromatic N) is 2. The quantitative estimate of drug-likeness (QED) is 0.468. The maximum atomic E-state index is 5.97. The fraction of sp³-hybridized carbons (Fsp3) is 0.182. The molecule has 130 valence electrons. The molecule has 0 amide bonds. The van der Waals surface area contributed by atoms with Crippen molar-refractivity contribution in [2.45, 2.75) is 26.4 Å². The smallest absolute Gasteiger partial charge is 0.247 e. The largest absolute Gasteiger partial charge is 0.489 e. The van der Waals surface area contributed by atoms with Crippen molar-refractivity contribution in [3.05, 3.63) is 78.2 Å². The molecule has 0 aliphatic heterocycles. The minimum Gasteiger partial charge on any atom is -0.489 e. The molecule has 0 aliphatic rings. The van der Waals surface area contributed by atoms with Gasteiger partial charge in [0.05, 0.1) is 0 Å². The lowest BCUT2D eigenvalue weighted by atomic mass is 10.1. The van der Waals surface area contributed by atoms with E-state index in [2.05, 4.69) is 59.6 Å². The summed E-state index contributed by atoms with van der Waals surface area (Å²) in [5.74, 6) is 2.04. The van der Waals surface area contributed by atoms with E-state index in [4.69, 9.17) is 9.15 Å². The van der Waals surface area contributed by atoms with Gasteiger partial charge in [-0.1, -0.05) is 49.4 Å². The minimum absolute atomic E-state index is 0.530. The zero-order chi connectivity index (χ0) is 17.8. The number of aromatic nitrogens is 2. The SMILES string of the molecule is CCCc1nnc(-c2ccc(OCc3cccc4ccccc34)cc2)o1. The third-order valence-electron chi connectivity index (χ3n) is 4.31. The lowest BCUT2D eigenvalue weighted by Crippen LogP contribution is -1.96. The number of rotatable bonds is 6. The van der Waals surface area contributed by atoms with E-state index in [1.54, 1.807) is 0 Å². The van der Waals surface area contributed by atoms with Gasteiger partial charge in [0.2, 0.25) is 11.8 Å². The van der Waals surface area contributed by atoms with Crippen LogP contribution in [-0.2, 0) is 13.0 Å². The van der Waals surface area contributed by atoms with Crippen LogP contribution in [0.2, 0.25) is 0 Å². The number of benzene rings is 3. The first kappa shape index (κ1) is 16.3. The van der Waals surface area contributed by atoms with E-state index in [1.807, 2.05) is 24.3 Å². The van der Waals surface area contributed by atoms with Gasteiger partial charge in [0.1, 0.15) is 12.4 Å². The molecule has 0 radical (unpaired) electrons. The van der Waals surface area contributed by atoms with Crippen LogP contribution in [-0.4, -0.2) is 10.2 Å². The standard InChI is InChI=1S/C22H20N2O2/c1-2-6-21-23-24-22(26-21)17-11-13-19(14-12-17)25-15-18-9-5-8-16-7-3-4-10-20(16)18/h3-5,7-14H,2,6,15H2,1H3. The number of fused-ring (bicyclic) bond motifs is 1. The molecular weight excluding hydrogens is 324 g/mol. The molecule has 0 aliphatic carbocycles. The molecule has 1 aromatic heterocycles. The maximum Gasteiger partial charge on any atom is 0.247 e. The molecule has 4 rings (SSSR count). The molecule has 4 heteroatoms. The first-order chi connectivity index (χ1) is 12.8. The second-order valence-electron chi connectivity index (χ2n) is 6.20. The number of ether oxygens (including phenoxy) is 1. The Balaban J connectivity index is 1.47. The lowest BCUT2D eigenvalue weighted by molar-refractivity contribution is 0.307. The van der Waals surface area contributed by atoms with Gasteiger partial charge >= 0.3 is 0 Å². The monoisotopic (exact) mass is 344 g/mol. The summed E-state index contributed by atoms with van der Waals surface area (Å²) in [7, 11) is 0. The highest BCUT2D eigenvalue weighted by Gasteiger charge is 2.08. The number of hydrogen-bond acceptors (Lipinski definition) is 4. The van der Waals surface area contributed by atoms with E-state index in [9.17, 15) is 0 Å². The third kappa shape index (κ3) is 3.45. The predicted octanol–water partition coefficient (Wildman–Crippen LogP) is 5.42. The zero-order valence-corrected chi connectivity index (χ0v) is 14.7. The van der Waals surface area contributed by atoms with Gasteiger partial charge in [-0.05, 0) is 47.0 Å². The molecule has 0 spiro atoms. The van der Waals surface area contributed by atoms with Crippen molar-refractivity contribution in [3.8, 4) is 17.2 Å². The van der Waals surface area contributed by atoms with Gasteiger partial charge in [-0.2, -0.15) is 0 Å². The molecule has 0 saturated carbocycles. The fourth-order valence-corrected chi connectivity index (χ4v) is 2.96. The summed E-state index contributed by atoms with van der Waals surface area (Å²) in [6.07, 6.45) is 1.79. The average Bonchev–Trinajstić information content (AvgIpc) is 3.16. The van der Waals surface area contributed by atoms with Crippen LogP contribution < -0.4 is 4.74 Å². The Morgan fingerprint density at radius 1 is 0.885 bits per heavy atom. The van der Waals surface area contributed by atoms with Crippen LogP contribution in [0.1, 0.15) is 24.8 Å². The first-order valence-electron chi connectivity index (χ1n) is 8.86. The van der Waals surface area contributed by atoms with Gasteiger partial charge in [0.15, 0.2) is 0 Å². The summed E-state index contributed by atoms with van der Waals surface area (Å²) in [5, 5.41) is 10.6. The summed E-state index contributed by atoms with van der Waals surface area (Å²) in [6.45, 7) is 2.62. The van der Waals surface area contributed by atoms with Crippen LogP contribution in [0.4, 0.5) is 0 Å². The van der Waals surface area contributed by atoms with Crippen molar-refractivity contribution in [1.29, 1.82) is 0 Å². The Kier molecular flexibility index (Phi) is 4.65. The van der Waals surface area contributed by atoms with Gasteiger partial charge in [-0.25, -0.2) is 0 Å². The molecule has 0 bridgehead atoms. The van der Waals surface area contributed by atoms with Crippen molar-refractivity contribution in [2.75, 3.05) is 0 Å². The molecule has 1 heterocycles. The maximum absolute atomic E-state index is 5.97. The fourth-order valence-electron chi connectivity index (χ4n) is 2.96. The highest BCUT2D eigenvalue weighted by Crippen LogP contribution is 2.24. The van der Waals surface area contributed by atoms with Crippen molar-refractivity contribution in [2.24, 2.45) is 0 Å². The van der Waals surface area contributed by atoms with Crippen LogP contribution in [0.5, 0.6) is 5.75 Å².